The Morgan fingerprint density at radius 2 is 2.21 bits per heavy atom. The number of hydrogen-bond acceptors (Lipinski definition) is 5. The van der Waals surface area contributed by atoms with Crippen LogP contribution in [0.3, 0.4) is 0 Å². The van der Waals surface area contributed by atoms with Crippen molar-refractivity contribution in [1.29, 1.82) is 0 Å². The number of primary amides is 1. The minimum absolute atomic E-state index is 0.249. The van der Waals surface area contributed by atoms with Crippen molar-refractivity contribution in [3.8, 4) is 5.95 Å². The lowest BCUT2D eigenvalue weighted by atomic mass is 10.1. The zero-order chi connectivity index (χ0) is 14.0. The summed E-state index contributed by atoms with van der Waals surface area (Å²) in [6.07, 6.45) is 1.85. The molecule has 2 heterocycles. The average Bonchev–Trinajstić information content (AvgIpc) is 2.62. The van der Waals surface area contributed by atoms with Gasteiger partial charge in [0, 0.05) is 12.1 Å². The van der Waals surface area contributed by atoms with Crippen LogP contribution in [0, 0.1) is 13.8 Å². The number of rotatable bonds is 4. The Morgan fingerprint density at radius 3 is 2.84 bits per heavy atom. The van der Waals surface area contributed by atoms with Crippen molar-refractivity contribution in [2.24, 2.45) is 5.73 Å². The average molecular weight is 262 g/mol. The smallest absolute Gasteiger partial charge is 0.271 e. The summed E-state index contributed by atoms with van der Waals surface area (Å²) in [5.41, 5.74) is 7.28. The highest BCUT2D eigenvalue weighted by Crippen LogP contribution is 2.16. The van der Waals surface area contributed by atoms with E-state index in [-0.39, 0.29) is 23.8 Å². The molecule has 2 aromatic rings. The zero-order valence-corrected chi connectivity index (χ0v) is 10.7. The van der Waals surface area contributed by atoms with Gasteiger partial charge in [0.1, 0.15) is 6.20 Å². The first kappa shape index (κ1) is 12.9. The Balaban J connectivity index is 2.41. The van der Waals surface area contributed by atoms with Gasteiger partial charge in [-0.3, -0.25) is 14.6 Å². The first-order valence-corrected chi connectivity index (χ1v) is 5.75. The van der Waals surface area contributed by atoms with Crippen molar-refractivity contribution < 1.29 is 4.79 Å². The van der Waals surface area contributed by atoms with Crippen LogP contribution in [0.25, 0.3) is 5.95 Å². The molecule has 0 aromatic carbocycles. The third-order valence-electron chi connectivity index (χ3n) is 2.83. The third kappa shape index (κ3) is 2.67. The van der Waals surface area contributed by atoms with Gasteiger partial charge < -0.3 is 5.73 Å². The van der Waals surface area contributed by atoms with Crippen molar-refractivity contribution in [3.63, 3.8) is 0 Å². The van der Waals surface area contributed by atoms with E-state index in [1.165, 1.54) is 4.68 Å². The Bertz CT molecular complexity index is 672. The van der Waals surface area contributed by atoms with E-state index in [9.17, 15) is 9.59 Å². The molecular formula is C11H14N6O2. The number of nitrogens with one attached hydrogen (secondary N) is 1. The molecule has 2 aromatic heterocycles. The van der Waals surface area contributed by atoms with Gasteiger partial charge in [-0.05, 0) is 25.8 Å². The monoisotopic (exact) mass is 262 g/mol. The number of nitrogens with two attached hydrogens (primary N) is 1. The lowest BCUT2D eigenvalue weighted by Gasteiger charge is -2.02. The molecule has 0 fully saturated rings. The molecule has 0 bridgehead atoms. The lowest BCUT2D eigenvalue weighted by molar-refractivity contribution is -0.117. The number of aromatic nitrogens is 5. The minimum atomic E-state index is -0.362. The van der Waals surface area contributed by atoms with Gasteiger partial charge >= 0.3 is 0 Å². The van der Waals surface area contributed by atoms with Crippen LogP contribution in [0.4, 0.5) is 0 Å². The van der Waals surface area contributed by atoms with Crippen molar-refractivity contribution in [2.45, 2.75) is 26.7 Å². The van der Waals surface area contributed by atoms with Gasteiger partial charge in [-0.15, -0.1) is 10.2 Å². The second kappa shape index (κ2) is 5.01. The molecule has 1 amide bonds. The molecule has 0 aliphatic carbocycles. The number of amides is 1. The molecule has 100 valence electrons. The highest BCUT2D eigenvalue weighted by atomic mass is 16.1. The van der Waals surface area contributed by atoms with Crippen LogP contribution >= 0.6 is 0 Å². The Labute approximate surface area is 108 Å². The summed E-state index contributed by atoms with van der Waals surface area (Å²) in [5.74, 6) is -0.113. The molecule has 2 rings (SSSR count). The fourth-order valence-electron chi connectivity index (χ4n) is 1.89. The number of carbonyl (C=O) groups is 1. The van der Waals surface area contributed by atoms with Gasteiger partial charge in [0.05, 0.1) is 5.69 Å². The van der Waals surface area contributed by atoms with Crippen LogP contribution in [0.2, 0.25) is 0 Å². The maximum Gasteiger partial charge on any atom is 0.271 e. The maximum atomic E-state index is 11.2. The van der Waals surface area contributed by atoms with Crippen LogP contribution in [-0.2, 0) is 11.2 Å². The molecule has 0 atom stereocenters. The first-order chi connectivity index (χ1) is 8.99. The van der Waals surface area contributed by atoms with Crippen LogP contribution in [0.15, 0.2) is 11.0 Å². The Kier molecular flexibility index (Phi) is 3.41. The normalized spacial score (nSPS) is 10.6. The lowest BCUT2D eigenvalue weighted by Crippen LogP contribution is -2.15. The zero-order valence-electron chi connectivity index (χ0n) is 10.7. The Hall–Kier alpha value is -2.51. The van der Waals surface area contributed by atoms with Crippen LogP contribution in [0.5, 0.6) is 0 Å². The molecule has 19 heavy (non-hydrogen) atoms. The molecule has 0 aliphatic rings. The van der Waals surface area contributed by atoms with E-state index in [1.807, 2.05) is 13.8 Å². The highest BCUT2D eigenvalue weighted by Gasteiger charge is 2.14. The van der Waals surface area contributed by atoms with E-state index in [0.717, 1.165) is 23.1 Å². The van der Waals surface area contributed by atoms with E-state index < -0.39 is 0 Å². The largest absolute Gasteiger partial charge is 0.370 e. The predicted octanol–water partition coefficient (Wildman–Crippen LogP) is -0.615. The minimum Gasteiger partial charge on any atom is -0.370 e. The number of H-pyrrole nitrogens is 1. The molecule has 0 aliphatic heterocycles. The SMILES string of the molecule is Cc1nn(-c2nncc(=O)[nH]2)c(C)c1CCC(N)=O. The van der Waals surface area contributed by atoms with Crippen LogP contribution < -0.4 is 11.3 Å². The maximum absolute atomic E-state index is 11.2. The molecule has 0 spiro atoms. The fourth-order valence-corrected chi connectivity index (χ4v) is 1.89. The van der Waals surface area contributed by atoms with Crippen LogP contribution in [-0.4, -0.2) is 30.9 Å². The van der Waals surface area contributed by atoms with Gasteiger partial charge in [-0.1, -0.05) is 0 Å². The van der Waals surface area contributed by atoms with E-state index >= 15 is 0 Å². The second-order valence-corrected chi connectivity index (χ2v) is 4.18. The molecule has 3 N–H and O–H groups in total. The fraction of sp³-hybridized carbons (Fsp3) is 0.364. The summed E-state index contributed by atoms with van der Waals surface area (Å²) in [6.45, 7) is 3.66. The summed E-state index contributed by atoms with van der Waals surface area (Å²) in [4.78, 5) is 24.6. The quantitative estimate of drug-likeness (QED) is 0.761. The topological polar surface area (TPSA) is 120 Å². The van der Waals surface area contributed by atoms with Gasteiger partial charge in [0.25, 0.3) is 11.5 Å². The second-order valence-electron chi connectivity index (χ2n) is 4.18. The van der Waals surface area contributed by atoms with Gasteiger partial charge in [-0.2, -0.15) is 5.10 Å². The summed E-state index contributed by atoms with van der Waals surface area (Å²) in [5, 5.41) is 11.7. The number of aromatic amines is 1. The molecule has 8 nitrogen and oxygen atoms in total. The molecular weight excluding hydrogens is 248 g/mol. The van der Waals surface area contributed by atoms with Crippen molar-refractivity contribution in [1.82, 2.24) is 25.0 Å². The predicted molar refractivity (Wildman–Crippen MR) is 66.8 cm³/mol. The molecule has 0 radical (unpaired) electrons. The van der Waals surface area contributed by atoms with E-state index in [4.69, 9.17) is 5.73 Å². The summed E-state index contributed by atoms with van der Waals surface area (Å²) < 4.78 is 1.50. The number of hydrogen-bond donors (Lipinski definition) is 2. The van der Waals surface area contributed by atoms with Gasteiger partial charge in [0.2, 0.25) is 5.91 Å². The summed E-state index contributed by atoms with van der Waals surface area (Å²) >= 11 is 0. The molecule has 0 saturated heterocycles. The molecule has 0 saturated carbocycles. The standard InChI is InChI=1S/C11H14N6O2/c1-6-8(3-4-9(12)18)7(2)17(16-6)11-14-10(19)5-13-15-11/h5H,3-4H2,1-2H3,(H2,12,18)(H,14,15,19). The number of aryl methyl sites for hydroxylation is 1. The van der Waals surface area contributed by atoms with Gasteiger partial charge in [0.15, 0.2) is 0 Å². The summed E-state index contributed by atoms with van der Waals surface area (Å²) in [6, 6.07) is 0. The van der Waals surface area contributed by atoms with Gasteiger partial charge in [-0.25, -0.2) is 4.68 Å². The Morgan fingerprint density at radius 1 is 1.47 bits per heavy atom. The van der Waals surface area contributed by atoms with Crippen molar-refractivity contribution in [3.05, 3.63) is 33.5 Å². The van der Waals surface area contributed by atoms with E-state index in [1.54, 1.807) is 0 Å². The van der Waals surface area contributed by atoms with E-state index in [0.29, 0.717) is 6.42 Å². The molecule has 0 unspecified atom stereocenters. The first-order valence-electron chi connectivity index (χ1n) is 5.75. The number of carbonyl (C=O) groups excluding carboxylic acids is 1. The summed E-state index contributed by atoms with van der Waals surface area (Å²) in [7, 11) is 0. The third-order valence-corrected chi connectivity index (χ3v) is 2.83. The van der Waals surface area contributed by atoms with Crippen molar-refractivity contribution >= 4 is 5.91 Å². The van der Waals surface area contributed by atoms with Crippen molar-refractivity contribution in [2.75, 3.05) is 0 Å². The van der Waals surface area contributed by atoms with Crippen LogP contribution in [0.1, 0.15) is 23.4 Å². The molecule has 8 heteroatoms. The highest BCUT2D eigenvalue weighted by molar-refractivity contribution is 5.74. The number of nitrogens with zero attached hydrogens (tertiary/aromatic N) is 4. The van der Waals surface area contributed by atoms with E-state index in [2.05, 4.69) is 20.3 Å².